The van der Waals surface area contributed by atoms with Crippen LogP contribution < -0.4 is 5.32 Å². The minimum Gasteiger partial charge on any atom is -0.352 e. The number of carbonyl (C=O) groups excluding carboxylic acids is 1. The van der Waals surface area contributed by atoms with Gasteiger partial charge in [-0.15, -0.1) is 0 Å². The van der Waals surface area contributed by atoms with Crippen molar-refractivity contribution in [3.63, 3.8) is 0 Å². The van der Waals surface area contributed by atoms with Crippen LogP contribution in [0.25, 0.3) is 0 Å². The third-order valence-electron chi connectivity index (χ3n) is 1.31. The van der Waals surface area contributed by atoms with Crippen LogP contribution in [0, 0.1) is 0 Å². The first kappa shape index (κ1) is 12.9. The van der Waals surface area contributed by atoms with Crippen molar-refractivity contribution in [2.75, 3.05) is 29.6 Å². The van der Waals surface area contributed by atoms with Gasteiger partial charge in [-0.25, -0.2) is 0 Å². The second kappa shape index (κ2) is 9.99. The average molecular weight is 219 g/mol. The predicted molar refractivity (Wildman–Crippen MR) is 63.5 cm³/mol. The Bertz CT molecular complexity index is 151. The fraction of sp³-hybridized carbons (Fsp3) is 0.667. The Morgan fingerprint density at radius 3 is 2.69 bits per heavy atom. The van der Waals surface area contributed by atoms with Gasteiger partial charge in [0.1, 0.15) is 0 Å². The minimum atomic E-state index is -0.0801. The Morgan fingerprint density at radius 2 is 2.08 bits per heavy atom. The van der Waals surface area contributed by atoms with Gasteiger partial charge in [0.15, 0.2) is 0 Å². The fourth-order valence-corrected chi connectivity index (χ4v) is 2.36. The van der Waals surface area contributed by atoms with E-state index in [1.165, 1.54) is 23.3 Å². The molecule has 0 saturated carbocycles. The first-order valence-electron chi connectivity index (χ1n) is 4.37. The summed E-state index contributed by atoms with van der Waals surface area (Å²) >= 11 is 3.83. The first-order chi connectivity index (χ1) is 6.31. The average Bonchev–Trinajstić information content (AvgIpc) is 2.16. The van der Waals surface area contributed by atoms with Gasteiger partial charge in [0.05, 0.1) is 0 Å². The van der Waals surface area contributed by atoms with Crippen LogP contribution in [0.4, 0.5) is 0 Å². The van der Waals surface area contributed by atoms with Crippen LogP contribution in [0.5, 0.6) is 0 Å². The molecule has 2 nitrogen and oxygen atoms in total. The zero-order chi connectivity index (χ0) is 9.94. The summed E-state index contributed by atoms with van der Waals surface area (Å²) in [4.78, 5) is 10.7. The van der Waals surface area contributed by atoms with Gasteiger partial charge in [-0.1, -0.05) is 13.5 Å². The summed E-state index contributed by atoms with van der Waals surface area (Å²) in [6.07, 6.45) is 1.30. The number of nitrogens with one attached hydrogen (secondary N) is 1. The summed E-state index contributed by atoms with van der Waals surface area (Å²) in [5, 5.41) is 2.74. The molecule has 0 saturated heterocycles. The molecular formula is C9H17NOS2. The maximum atomic E-state index is 10.7. The zero-order valence-corrected chi connectivity index (χ0v) is 9.68. The van der Waals surface area contributed by atoms with Crippen molar-refractivity contribution < 1.29 is 4.79 Å². The van der Waals surface area contributed by atoms with Crippen LogP contribution in [0.15, 0.2) is 12.7 Å². The van der Waals surface area contributed by atoms with Crippen LogP contribution >= 0.6 is 23.5 Å². The van der Waals surface area contributed by atoms with Gasteiger partial charge in [0.2, 0.25) is 5.91 Å². The molecule has 1 N–H and O–H groups in total. The van der Waals surface area contributed by atoms with E-state index in [0.717, 1.165) is 12.3 Å². The molecule has 0 aromatic carbocycles. The van der Waals surface area contributed by atoms with E-state index in [1.807, 2.05) is 23.5 Å². The summed E-state index contributed by atoms with van der Waals surface area (Å²) in [7, 11) is 0. The van der Waals surface area contributed by atoms with E-state index in [-0.39, 0.29) is 5.91 Å². The van der Waals surface area contributed by atoms with Crippen LogP contribution in [-0.4, -0.2) is 35.5 Å². The number of carbonyl (C=O) groups is 1. The maximum absolute atomic E-state index is 10.7. The molecule has 0 atom stereocenters. The Balaban J connectivity index is 2.99. The van der Waals surface area contributed by atoms with E-state index in [1.54, 1.807) is 0 Å². The predicted octanol–water partition coefficient (Wildman–Crippen LogP) is 1.77. The third-order valence-corrected chi connectivity index (χ3v) is 3.45. The molecule has 0 aromatic rings. The number of amides is 1. The van der Waals surface area contributed by atoms with Gasteiger partial charge < -0.3 is 5.32 Å². The van der Waals surface area contributed by atoms with E-state index in [2.05, 4.69) is 18.8 Å². The molecule has 0 unspecified atom stereocenters. The van der Waals surface area contributed by atoms with E-state index in [0.29, 0.717) is 0 Å². The lowest BCUT2D eigenvalue weighted by molar-refractivity contribution is -0.116. The van der Waals surface area contributed by atoms with Crippen molar-refractivity contribution in [3.8, 4) is 0 Å². The lowest BCUT2D eigenvalue weighted by Crippen LogP contribution is -2.23. The summed E-state index contributed by atoms with van der Waals surface area (Å²) in [6.45, 7) is 6.29. The fourth-order valence-electron chi connectivity index (χ4n) is 0.683. The second-order valence-electron chi connectivity index (χ2n) is 2.30. The Morgan fingerprint density at radius 1 is 1.38 bits per heavy atom. The van der Waals surface area contributed by atoms with Crippen molar-refractivity contribution in [2.45, 2.75) is 6.92 Å². The van der Waals surface area contributed by atoms with Crippen molar-refractivity contribution >= 4 is 29.4 Å². The number of hydrogen-bond acceptors (Lipinski definition) is 3. The molecule has 0 fully saturated rings. The van der Waals surface area contributed by atoms with Gasteiger partial charge in [-0.3, -0.25) is 4.79 Å². The minimum absolute atomic E-state index is 0.0801. The van der Waals surface area contributed by atoms with Crippen molar-refractivity contribution in [1.82, 2.24) is 5.32 Å². The van der Waals surface area contributed by atoms with E-state index >= 15 is 0 Å². The molecule has 0 aliphatic carbocycles. The largest absolute Gasteiger partial charge is 0.352 e. The SMILES string of the molecule is C=CC(=O)NCCSCCSCC. The highest BCUT2D eigenvalue weighted by Gasteiger charge is 1.92. The quantitative estimate of drug-likeness (QED) is 0.498. The molecule has 13 heavy (non-hydrogen) atoms. The van der Waals surface area contributed by atoms with Crippen LogP contribution in [0.3, 0.4) is 0 Å². The third kappa shape index (κ3) is 9.83. The molecule has 0 aliphatic rings. The maximum Gasteiger partial charge on any atom is 0.243 e. The van der Waals surface area contributed by atoms with Crippen LogP contribution in [0.2, 0.25) is 0 Å². The normalized spacial score (nSPS) is 9.62. The molecule has 0 bridgehead atoms. The number of thioether (sulfide) groups is 2. The van der Waals surface area contributed by atoms with Crippen LogP contribution in [0.1, 0.15) is 6.92 Å². The molecule has 0 radical (unpaired) electrons. The van der Waals surface area contributed by atoms with Gasteiger partial charge in [-0.05, 0) is 11.8 Å². The topological polar surface area (TPSA) is 29.1 Å². The summed E-state index contributed by atoms with van der Waals surface area (Å²) < 4.78 is 0. The first-order valence-corrected chi connectivity index (χ1v) is 6.68. The lowest BCUT2D eigenvalue weighted by Gasteiger charge is -2.01. The van der Waals surface area contributed by atoms with Crippen LogP contribution in [-0.2, 0) is 4.79 Å². The lowest BCUT2D eigenvalue weighted by atomic mass is 10.6. The summed E-state index contributed by atoms with van der Waals surface area (Å²) in [5.74, 6) is 4.47. The Kier molecular flexibility index (Phi) is 9.92. The molecule has 4 heteroatoms. The van der Waals surface area contributed by atoms with Gasteiger partial charge in [0.25, 0.3) is 0 Å². The van der Waals surface area contributed by atoms with Crippen molar-refractivity contribution in [1.29, 1.82) is 0 Å². The Labute approximate surface area is 88.9 Å². The number of rotatable bonds is 8. The molecule has 0 aliphatic heterocycles. The number of hydrogen-bond donors (Lipinski definition) is 1. The summed E-state index contributed by atoms with van der Waals surface area (Å²) in [5.41, 5.74) is 0. The monoisotopic (exact) mass is 219 g/mol. The van der Waals surface area contributed by atoms with Crippen molar-refractivity contribution in [3.05, 3.63) is 12.7 Å². The highest BCUT2D eigenvalue weighted by Crippen LogP contribution is 2.05. The molecule has 0 aromatic heterocycles. The standard InChI is InChI=1S/C9H17NOS2/c1-3-9(11)10-5-6-13-8-7-12-4-2/h3H,1,4-8H2,2H3,(H,10,11). The molecule has 0 spiro atoms. The van der Waals surface area contributed by atoms with E-state index in [4.69, 9.17) is 0 Å². The molecule has 0 rings (SSSR count). The highest BCUT2D eigenvalue weighted by molar-refractivity contribution is 8.02. The van der Waals surface area contributed by atoms with Gasteiger partial charge in [0, 0.05) is 23.8 Å². The van der Waals surface area contributed by atoms with E-state index in [9.17, 15) is 4.79 Å². The second-order valence-corrected chi connectivity index (χ2v) is 4.92. The molecular weight excluding hydrogens is 202 g/mol. The van der Waals surface area contributed by atoms with Crippen molar-refractivity contribution in [2.24, 2.45) is 0 Å². The zero-order valence-electron chi connectivity index (χ0n) is 8.04. The molecule has 76 valence electrons. The smallest absolute Gasteiger partial charge is 0.243 e. The molecule has 0 heterocycles. The summed E-state index contributed by atoms with van der Waals surface area (Å²) in [6, 6.07) is 0. The van der Waals surface area contributed by atoms with E-state index < -0.39 is 0 Å². The van der Waals surface area contributed by atoms with Gasteiger partial charge >= 0.3 is 0 Å². The Hall–Kier alpha value is -0.0900. The molecule has 1 amide bonds. The van der Waals surface area contributed by atoms with Gasteiger partial charge in [-0.2, -0.15) is 23.5 Å². The highest BCUT2D eigenvalue weighted by atomic mass is 32.2.